The third kappa shape index (κ3) is 5.04. The molecule has 1 amide bonds. The Bertz CT molecular complexity index is 486. The van der Waals surface area contributed by atoms with E-state index in [1.807, 2.05) is 13.8 Å². The van der Waals surface area contributed by atoms with Crippen LogP contribution >= 0.6 is 0 Å². The predicted octanol–water partition coefficient (Wildman–Crippen LogP) is 3.27. The summed E-state index contributed by atoms with van der Waals surface area (Å²) in [5.74, 6) is -0.235. The highest BCUT2D eigenvalue weighted by atomic mass is 19.4. The molecule has 21 heavy (non-hydrogen) atoms. The minimum atomic E-state index is -4.41. The summed E-state index contributed by atoms with van der Waals surface area (Å²) in [6.45, 7) is 6.90. The van der Waals surface area contributed by atoms with Crippen molar-refractivity contribution in [2.45, 2.75) is 52.0 Å². The van der Waals surface area contributed by atoms with Gasteiger partial charge in [0.05, 0.1) is 11.6 Å². The SMILES string of the molecule is CC(C)NC(=O)C(C)NC(C)c1ccccc1C(F)(F)F. The summed E-state index contributed by atoms with van der Waals surface area (Å²) in [4.78, 5) is 11.8. The first-order valence-electron chi connectivity index (χ1n) is 6.85. The normalized spacial score (nSPS) is 14.9. The van der Waals surface area contributed by atoms with Gasteiger partial charge < -0.3 is 5.32 Å². The maximum Gasteiger partial charge on any atom is 0.416 e. The molecule has 2 atom stereocenters. The van der Waals surface area contributed by atoms with E-state index in [9.17, 15) is 18.0 Å². The van der Waals surface area contributed by atoms with Crippen LogP contribution in [0.25, 0.3) is 0 Å². The summed E-state index contributed by atoms with van der Waals surface area (Å²) in [6.07, 6.45) is -4.41. The Morgan fingerprint density at radius 1 is 1.10 bits per heavy atom. The van der Waals surface area contributed by atoms with Gasteiger partial charge in [-0.25, -0.2) is 0 Å². The Labute approximate surface area is 122 Å². The molecular weight excluding hydrogens is 281 g/mol. The molecule has 3 nitrogen and oxygen atoms in total. The smallest absolute Gasteiger partial charge is 0.353 e. The number of alkyl halides is 3. The third-order valence-corrected chi connectivity index (χ3v) is 3.06. The molecule has 0 spiro atoms. The van der Waals surface area contributed by atoms with E-state index in [0.717, 1.165) is 6.07 Å². The zero-order valence-electron chi connectivity index (χ0n) is 12.6. The molecule has 0 aliphatic heterocycles. The van der Waals surface area contributed by atoms with Crippen molar-refractivity contribution in [2.75, 3.05) is 0 Å². The molecule has 2 N–H and O–H groups in total. The van der Waals surface area contributed by atoms with Crippen LogP contribution in [-0.4, -0.2) is 18.0 Å². The Balaban J connectivity index is 2.85. The molecule has 118 valence electrons. The van der Waals surface area contributed by atoms with Gasteiger partial charge in [0.25, 0.3) is 0 Å². The number of rotatable bonds is 5. The van der Waals surface area contributed by atoms with Crippen LogP contribution in [0, 0.1) is 0 Å². The van der Waals surface area contributed by atoms with Crippen LogP contribution in [0.1, 0.15) is 44.9 Å². The highest BCUT2D eigenvalue weighted by Crippen LogP contribution is 2.34. The Hall–Kier alpha value is -1.56. The average Bonchev–Trinajstić information content (AvgIpc) is 2.36. The summed E-state index contributed by atoms with van der Waals surface area (Å²) >= 11 is 0. The van der Waals surface area contributed by atoms with E-state index < -0.39 is 23.8 Å². The average molecular weight is 302 g/mol. The molecule has 0 saturated carbocycles. The van der Waals surface area contributed by atoms with Crippen molar-refractivity contribution in [1.82, 2.24) is 10.6 Å². The van der Waals surface area contributed by atoms with Crippen LogP contribution in [0.2, 0.25) is 0 Å². The summed E-state index contributed by atoms with van der Waals surface area (Å²) in [6, 6.07) is 4.20. The van der Waals surface area contributed by atoms with Crippen molar-refractivity contribution in [3.8, 4) is 0 Å². The number of carbonyl (C=O) groups is 1. The second-order valence-electron chi connectivity index (χ2n) is 5.36. The molecule has 2 unspecified atom stereocenters. The Morgan fingerprint density at radius 2 is 1.67 bits per heavy atom. The van der Waals surface area contributed by atoms with Crippen LogP contribution < -0.4 is 10.6 Å². The first-order chi connectivity index (χ1) is 9.62. The second-order valence-corrected chi connectivity index (χ2v) is 5.36. The fourth-order valence-corrected chi connectivity index (χ4v) is 2.08. The highest BCUT2D eigenvalue weighted by molar-refractivity contribution is 5.81. The van der Waals surface area contributed by atoms with Gasteiger partial charge in [-0.05, 0) is 39.3 Å². The van der Waals surface area contributed by atoms with Crippen LogP contribution in [0.3, 0.4) is 0 Å². The molecule has 0 saturated heterocycles. The molecule has 0 aliphatic carbocycles. The summed E-state index contributed by atoms with van der Waals surface area (Å²) < 4.78 is 38.9. The van der Waals surface area contributed by atoms with Gasteiger partial charge in [-0.15, -0.1) is 0 Å². The number of nitrogens with one attached hydrogen (secondary N) is 2. The molecule has 0 radical (unpaired) electrons. The Kier molecular flexibility index (Phi) is 5.78. The predicted molar refractivity (Wildman–Crippen MR) is 75.7 cm³/mol. The van der Waals surface area contributed by atoms with Crippen LogP contribution in [0.15, 0.2) is 24.3 Å². The third-order valence-electron chi connectivity index (χ3n) is 3.06. The highest BCUT2D eigenvalue weighted by Gasteiger charge is 2.34. The number of carbonyl (C=O) groups excluding carboxylic acids is 1. The van der Waals surface area contributed by atoms with Gasteiger partial charge in [-0.3, -0.25) is 10.1 Å². The molecule has 0 aromatic heterocycles. The number of amides is 1. The lowest BCUT2D eigenvalue weighted by Crippen LogP contribution is -2.45. The zero-order valence-corrected chi connectivity index (χ0v) is 12.6. The minimum absolute atomic E-state index is 0.0143. The fourth-order valence-electron chi connectivity index (χ4n) is 2.08. The molecule has 0 bridgehead atoms. The molecule has 1 aromatic carbocycles. The number of hydrogen-bond acceptors (Lipinski definition) is 2. The number of benzene rings is 1. The maximum absolute atomic E-state index is 13.0. The van der Waals surface area contributed by atoms with Crippen molar-refractivity contribution in [2.24, 2.45) is 0 Å². The van der Waals surface area contributed by atoms with Gasteiger partial charge in [-0.1, -0.05) is 18.2 Å². The molecule has 0 fully saturated rings. The minimum Gasteiger partial charge on any atom is -0.353 e. The van der Waals surface area contributed by atoms with Crippen LogP contribution in [0.4, 0.5) is 13.2 Å². The van der Waals surface area contributed by atoms with E-state index in [4.69, 9.17) is 0 Å². The first-order valence-corrected chi connectivity index (χ1v) is 6.85. The monoisotopic (exact) mass is 302 g/mol. The van der Waals surface area contributed by atoms with E-state index in [1.54, 1.807) is 19.9 Å². The zero-order chi connectivity index (χ0) is 16.2. The quantitative estimate of drug-likeness (QED) is 0.876. The number of hydrogen-bond donors (Lipinski definition) is 2. The standard InChI is InChI=1S/C15H21F3N2O/c1-9(2)19-14(21)11(4)20-10(3)12-7-5-6-8-13(12)15(16,17)18/h5-11,20H,1-4H3,(H,19,21). The van der Waals surface area contributed by atoms with E-state index in [1.165, 1.54) is 12.1 Å². The summed E-state index contributed by atoms with van der Waals surface area (Å²) in [7, 11) is 0. The van der Waals surface area contributed by atoms with Crippen molar-refractivity contribution < 1.29 is 18.0 Å². The Morgan fingerprint density at radius 3 is 2.19 bits per heavy atom. The van der Waals surface area contributed by atoms with E-state index in [-0.39, 0.29) is 17.5 Å². The molecule has 0 heterocycles. The van der Waals surface area contributed by atoms with Gasteiger partial charge in [0.15, 0.2) is 0 Å². The van der Waals surface area contributed by atoms with Gasteiger partial charge >= 0.3 is 6.18 Å². The van der Waals surface area contributed by atoms with E-state index >= 15 is 0 Å². The van der Waals surface area contributed by atoms with Gasteiger partial charge in [0.2, 0.25) is 5.91 Å². The lowest BCUT2D eigenvalue weighted by molar-refractivity contribution is -0.138. The van der Waals surface area contributed by atoms with Crippen molar-refractivity contribution in [3.63, 3.8) is 0 Å². The maximum atomic E-state index is 13.0. The number of halogens is 3. The largest absolute Gasteiger partial charge is 0.416 e. The van der Waals surface area contributed by atoms with Crippen molar-refractivity contribution in [1.29, 1.82) is 0 Å². The second kappa shape index (κ2) is 6.93. The topological polar surface area (TPSA) is 41.1 Å². The van der Waals surface area contributed by atoms with Gasteiger partial charge in [0.1, 0.15) is 0 Å². The van der Waals surface area contributed by atoms with Crippen LogP contribution in [0.5, 0.6) is 0 Å². The lowest BCUT2D eigenvalue weighted by atomic mass is 10.0. The fraction of sp³-hybridized carbons (Fsp3) is 0.533. The summed E-state index contributed by atoms with van der Waals surface area (Å²) in [5.41, 5.74) is -0.546. The summed E-state index contributed by atoms with van der Waals surface area (Å²) in [5, 5.41) is 5.62. The van der Waals surface area contributed by atoms with Crippen molar-refractivity contribution >= 4 is 5.91 Å². The molecule has 1 rings (SSSR count). The molecular formula is C15H21F3N2O. The van der Waals surface area contributed by atoms with Crippen LogP contribution in [-0.2, 0) is 11.0 Å². The van der Waals surface area contributed by atoms with Crippen molar-refractivity contribution in [3.05, 3.63) is 35.4 Å². The first kappa shape index (κ1) is 17.5. The van der Waals surface area contributed by atoms with E-state index in [0.29, 0.717) is 0 Å². The van der Waals surface area contributed by atoms with Gasteiger partial charge in [-0.2, -0.15) is 13.2 Å². The molecule has 6 heteroatoms. The van der Waals surface area contributed by atoms with E-state index in [2.05, 4.69) is 10.6 Å². The lowest BCUT2D eigenvalue weighted by Gasteiger charge is -2.23. The molecule has 0 aliphatic rings. The van der Waals surface area contributed by atoms with Gasteiger partial charge in [0, 0.05) is 12.1 Å². The molecule has 1 aromatic rings.